The Hall–Kier alpha value is -1.45. The summed E-state index contributed by atoms with van der Waals surface area (Å²) in [5.74, 6) is 0. The highest BCUT2D eigenvalue weighted by Gasteiger charge is 2.24. The normalized spacial score (nSPS) is 19.9. The summed E-state index contributed by atoms with van der Waals surface area (Å²) >= 11 is 1.25. The standard InChI is InChI=1S/C17H20N2S/c1-13(18(2)3)12-19-14-8-4-6-10-16(14)20-17-11-7-5-9-15(17)19/h4-11,13H,12H2,1-3H3/i4D,6D,8D,10D,12D2. The first-order valence-corrected chi connectivity index (χ1v) is 7.24. The van der Waals surface area contributed by atoms with Crippen LogP contribution in [-0.2, 0) is 0 Å². The molecule has 1 unspecified atom stereocenters. The Morgan fingerprint density at radius 3 is 2.75 bits per heavy atom. The van der Waals surface area contributed by atoms with Gasteiger partial charge in [-0.3, -0.25) is 0 Å². The zero-order chi connectivity index (χ0) is 19.4. The van der Waals surface area contributed by atoms with Gasteiger partial charge in [0, 0.05) is 22.3 Å². The molecular weight excluding hydrogens is 264 g/mol. The number of likely N-dealkylation sites (N-methyl/N-ethyl adjacent to an activating group) is 1. The number of benzene rings is 2. The number of fused-ring (bicyclic) bond motifs is 2. The topological polar surface area (TPSA) is 6.48 Å². The fraction of sp³-hybridized carbons (Fsp3) is 0.294. The van der Waals surface area contributed by atoms with Gasteiger partial charge in [-0.05, 0) is 45.2 Å². The highest BCUT2D eigenvalue weighted by molar-refractivity contribution is 7.99. The van der Waals surface area contributed by atoms with E-state index in [4.69, 9.17) is 8.22 Å². The molecule has 1 aliphatic rings. The molecule has 0 aromatic heterocycles. The van der Waals surface area contributed by atoms with E-state index in [0.29, 0.717) is 10.6 Å². The van der Waals surface area contributed by atoms with Gasteiger partial charge in [-0.25, -0.2) is 0 Å². The van der Waals surface area contributed by atoms with Crippen LogP contribution in [0.3, 0.4) is 0 Å². The van der Waals surface area contributed by atoms with Gasteiger partial charge >= 0.3 is 0 Å². The lowest BCUT2D eigenvalue weighted by Gasteiger charge is -2.36. The molecule has 0 fully saturated rings. The maximum Gasteiger partial charge on any atom is 0.0645 e. The van der Waals surface area contributed by atoms with Crippen LogP contribution in [0.5, 0.6) is 0 Å². The van der Waals surface area contributed by atoms with Crippen molar-refractivity contribution in [1.82, 2.24) is 4.90 Å². The lowest BCUT2D eigenvalue weighted by atomic mass is 10.2. The second kappa shape index (κ2) is 5.51. The molecule has 0 spiro atoms. The van der Waals surface area contributed by atoms with Crippen molar-refractivity contribution in [3.8, 4) is 0 Å². The molecule has 20 heavy (non-hydrogen) atoms. The molecule has 1 atom stereocenters. The molecule has 2 nitrogen and oxygen atoms in total. The number of para-hydroxylation sites is 2. The van der Waals surface area contributed by atoms with Gasteiger partial charge in [0.05, 0.1) is 19.6 Å². The van der Waals surface area contributed by atoms with Gasteiger partial charge in [0.2, 0.25) is 0 Å². The molecule has 0 saturated carbocycles. The third-order valence-electron chi connectivity index (χ3n) is 3.27. The molecule has 2 aromatic rings. The minimum atomic E-state index is -1.90. The van der Waals surface area contributed by atoms with E-state index in [0.717, 1.165) is 4.90 Å². The van der Waals surface area contributed by atoms with Crippen LogP contribution in [-0.4, -0.2) is 31.5 Å². The van der Waals surface area contributed by atoms with Gasteiger partial charge in [0.15, 0.2) is 0 Å². The van der Waals surface area contributed by atoms with E-state index in [1.165, 1.54) is 16.7 Å². The first-order valence-electron chi connectivity index (χ1n) is 9.43. The zero-order valence-electron chi connectivity index (χ0n) is 17.7. The summed E-state index contributed by atoms with van der Waals surface area (Å²) in [6.45, 7) is -0.136. The molecule has 0 bridgehead atoms. The van der Waals surface area contributed by atoms with Crippen molar-refractivity contribution in [2.45, 2.75) is 22.8 Å². The molecule has 104 valence electrons. The Bertz CT molecular complexity index is 871. The van der Waals surface area contributed by atoms with Gasteiger partial charge in [-0.1, -0.05) is 36.0 Å². The smallest absolute Gasteiger partial charge is 0.0645 e. The van der Waals surface area contributed by atoms with Crippen LogP contribution >= 0.6 is 11.8 Å². The number of hydrogen-bond donors (Lipinski definition) is 0. The minimum absolute atomic E-state index is 0.140. The van der Waals surface area contributed by atoms with E-state index >= 15 is 0 Å². The molecule has 1 heterocycles. The highest BCUT2D eigenvalue weighted by atomic mass is 32.2. The van der Waals surface area contributed by atoms with Crippen LogP contribution < -0.4 is 4.90 Å². The van der Waals surface area contributed by atoms with E-state index in [1.54, 1.807) is 38.1 Å². The average molecular weight is 290 g/mol. The van der Waals surface area contributed by atoms with Crippen molar-refractivity contribution in [1.29, 1.82) is 0 Å². The van der Waals surface area contributed by atoms with Crippen LogP contribution in [0.25, 0.3) is 0 Å². The second-order valence-electron chi connectivity index (χ2n) is 4.85. The Kier molecular flexibility index (Phi) is 2.23. The second-order valence-corrected chi connectivity index (χ2v) is 5.90. The molecule has 0 N–H and O–H groups in total. The Labute approximate surface area is 133 Å². The lowest BCUT2D eigenvalue weighted by molar-refractivity contribution is 0.319. The Morgan fingerprint density at radius 1 is 1.20 bits per heavy atom. The van der Waals surface area contributed by atoms with Crippen LogP contribution in [0.1, 0.15) is 15.1 Å². The van der Waals surface area contributed by atoms with Gasteiger partial charge in [-0.2, -0.15) is 0 Å². The molecule has 0 aliphatic carbocycles. The summed E-state index contributed by atoms with van der Waals surface area (Å²) in [5, 5.41) is 0. The van der Waals surface area contributed by atoms with Crippen molar-refractivity contribution in [2.24, 2.45) is 0 Å². The molecular formula is C17H20N2S. The Morgan fingerprint density at radius 2 is 1.95 bits per heavy atom. The summed E-state index contributed by atoms with van der Waals surface area (Å²) in [6.07, 6.45) is 0. The summed E-state index contributed by atoms with van der Waals surface area (Å²) in [4.78, 5) is 4.30. The van der Waals surface area contributed by atoms with Gasteiger partial charge in [0.1, 0.15) is 0 Å². The fourth-order valence-corrected chi connectivity index (χ4v) is 2.89. The summed E-state index contributed by atoms with van der Waals surface area (Å²) in [6, 6.07) is 5.72. The van der Waals surface area contributed by atoms with Crippen LogP contribution in [0.2, 0.25) is 0 Å². The number of rotatable bonds is 3. The first kappa shape index (κ1) is 8.11. The molecule has 0 radical (unpaired) electrons. The molecule has 0 amide bonds. The number of nitrogens with zero attached hydrogens (tertiary/aromatic N) is 2. The molecule has 3 heteroatoms. The zero-order valence-corrected chi connectivity index (χ0v) is 12.5. The van der Waals surface area contributed by atoms with Gasteiger partial charge < -0.3 is 9.80 Å². The number of hydrogen-bond acceptors (Lipinski definition) is 3. The predicted octanol–water partition coefficient (Wildman–Crippen LogP) is 4.24. The van der Waals surface area contributed by atoms with E-state index in [2.05, 4.69) is 0 Å². The maximum absolute atomic E-state index is 8.80. The highest BCUT2D eigenvalue weighted by Crippen LogP contribution is 2.47. The van der Waals surface area contributed by atoms with Crippen molar-refractivity contribution >= 4 is 23.1 Å². The van der Waals surface area contributed by atoms with Gasteiger partial charge in [0.25, 0.3) is 0 Å². The van der Waals surface area contributed by atoms with Crippen molar-refractivity contribution in [2.75, 3.05) is 25.5 Å². The fourth-order valence-electron chi connectivity index (χ4n) is 1.92. The van der Waals surface area contributed by atoms with E-state index in [9.17, 15) is 0 Å². The maximum atomic E-state index is 8.80. The lowest BCUT2D eigenvalue weighted by Crippen LogP contribution is -2.37. The largest absolute Gasteiger partial charge is 0.338 e. The molecule has 3 rings (SSSR count). The monoisotopic (exact) mass is 290 g/mol. The van der Waals surface area contributed by atoms with E-state index in [-0.39, 0.29) is 29.9 Å². The van der Waals surface area contributed by atoms with Crippen LogP contribution in [0.4, 0.5) is 11.4 Å². The van der Waals surface area contributed by atoms with E-state index in [1.807, 2.05) is 12.1 Å². The quantitative estimate of drug-likeness (QED) is 0.835. The molecule has 0 saturated heterocycles. The summed E-state index contributed by atoms with van der Waals surface area (Å²) in [5.41, 5.74) is 0.798. The predicted molar refractivity (Wildman–Crippen MR) is 87.2 cm³/mol. The summed E-state index contributed by atoms with van der Waals surface area (Å²) < 4.78 is 50.2. The van der Waals surface area contributed by atoms with Crippen LogP contribution in [0.15, 0.2) is 58.2 Å². The Balaban J connectivity index is 2.35. The third kappa shape index (κ3) is 2.43. The molecule has 2 aromatic carbocycles. The van der Waals surface area contributed by atoms with Crippen molar-refractivity contribution in [3.63, 3.8) is 0 Å². The van der Waals surface area contributed by atoms with E-state index < -0.39 is 12.5 Å². The van der Waals surface area contributed by atoms with Crippen molar-refractivity contribution < 1.29 is 8.22 Å². The number of anilines is 2. The first-order chi connectivity index (χ1) is 12.1. The van der Waals surface area contributed by atoms with Crippen LogP contribution in [0, 0.1) is 0 Å². The average Bonchev–Trinajstić information content (AvgIpc) is 2.61. The van der Waals surface area contributed by atoms with Gasteiger partial charge in [-0.15, -0.1) is 0 Å². The SMILES string of the molecule is [2H]c1c([2H])c([2H])c2c(c1[2H])Sc1ccccc1N2C([2H])([2H])C(C)N(C)C. The molecule has 1 aliphatic heterocycles. The summed E-state index contributed by atoms with van der Waals surface area (Å²) in [7, 11) is 3.57. The minimum Gasteiger partial charge on any atom is -0.338 e. The van der Waals surface area contributed by atoms with Crippen molar-refractivity contribution in [3.05, 3.63) is 48.4 Å². The third-order valence-corrected chi connectivity index (χ3v) is 4.33.